The topological polar surface area (TPSA) is 113 Å². The summed E-state index contributed by atoms with van der Waals surface area (Å²) in [5.74, 6) is -0.0599. The first-order chi connectivity index (χ1) is 12.5. The number of aromatic nitrogens is 1. The van der Waals surface area contributed by atoms with E-state index in [1.807, 2.05) is 0 Å². The summed E-state index contributed by atoms with van der Waals surface area (Å²) < 4.78 is 16.8. The molecular weight excluding hydrogens is 346 g/mol. The van der Waals surface area contributed by atoms with Crippen molar-refractivity contribution >= 4 is 22.7 Å². The highest BCUT2D eigenvalue weighted by molar-refractivity contribution is 5.82. The van der Waals surface area contributed by atoms with Crippen LogP contribution in [0.5, 0.6) is 5.75 Å². The lowest BCUT2D eigenvalue weighted by molar-refractivity contribution is -0.384. The fraction of sp³-hybridized carbons (Fsp3) is 0.375. The number of hydrogen-bond acceptors (Lipinski definition) is 7. The summed E-state index contributed by atoms with van der Waals surface area (Å²) in [5.41, 5.74) is -0.00659. The van der Waals surface area contributed by atoms with Gasteiger partial charge in [-0.3, -0.25) is 14.9 Å². The molecule has 138 valence electrons. The molecule has 1 amide bonds. The van der Waals surface area contributed by atoms with Crippen molar-refractivity contribution in [3.63, 3.8) is 0 Å². The van der Waals surface area contributed by atoms with E-state index in [1.165, 1.54) is 40.8 Å². The summed E-state index contributed by atoms with van der Waals surface area (Å²) in [6.45, 7) is 1.31. The van der Waals surface area contributed by atoms with E-state index in [2.05, 4.69) is 0 Å². The molecule has 0 unspecified atom stereocenters. The van der Waals surface area contributed by atoms with Crippen molar-refractivity contribution < 1.29 is 23.9 Å². The van der Waals surface area contributed by atoms with Crippen LogP contribution in [0.1, 0.15) is 0 Å². The number of non-ortho nitro benzene ring substituents is 1. The number of carbonyl (C=O) groups excluding carboxylic acids is 1. The van der Waals surface area contributed by atoms with Crippen LogP contribution in [0.25, 0.3) is 10.9 Å². The molecule has 0 aliphatic carbocycles. The van der Waals surface area contributed by atoms with Crippen LogP contribution in [0, 0.1) is 10.1 Å². The molecule has 0 atom stereocenters. The minimum Gasteiger partial charge on any atom is -0.451 e. The van der Waals surface area contributed by atoms with Gasteiger partial charge in [0.1, 0.15) is 0 Å². The summed E-state index contributed by atoms with van der Waals surface area (Å²) in [6.07, 6.45) is -0.554. The number of benzene rings is 1. The second-order valence-corrected chi connectivity index (χ2v) is 5.64. The standard InChI is InChI=1S/C16H17N3O7/c1-17-13-3-2-12(19(22)23)8-11(13)9-14(15(17)20)25-10-26-16(21)18-4-6-24-7-5-18/h2-3,8-9H,4-7,10H2,1H3. The van der Waals surface area contributed by atoms with Crippen molar-refractivity contribution in [1.82, 2.24) is 9.47 Å². The zero-order valence-corrected chi connectivity index (χ0v) is 14.0. The summed E-state index contributed by atoms with van der Waals surface area (Å²) in [6, 6.07) is 5.57. The SMILES string of the molecule is Cn1c(=O)c(OCOC(=O)N2CCOCC2)cc2cc([N+](=O)[O-])ccc21. The van der Waals surface area contributed by atoms with Crippen LogP contribution in [0.2, 0.25) is 0 Å². The fourth-order valence-electron chi connectivity index (χ4n) is 2.64. The Labute approximate surface area is 147 Å². The van der Waals surface area contributed by atoms with Gasteiger partial charge in [-0.25, -0.2) is 4.79 Å². The molecule has 2 aromatic rings. The predicted molar refractivity (Wildman–Crippen MR) is 90.2 cm³/mol. The maximum Gasteiger partial charge on any atom is 0.412 e. The summed E-state index contributed by atoms with van der Waals surface area (Å²) >= 11 is 0. The third-order valence-electron chi connectivity index (χ3n) is 4.05. The Hall–Kier alpha value is -3.14. The number of amides is 1. The molecule has 0 spiro atoms. The highest BCUT2D eigenvalue weighted by Gasteiger charge is 2.18. The molecule has 2 heterocycles. The number of morpholine rings is 1. The molecule has 1 saturated heterocycles. The first-order valence-corrected chi connectivity index (χ1v) is 7.88. The van der Waals surface area contributed by atoms with Crippen LogP contribution in [-0.4, -0.2) is 53.6 Å². The van der Waals surface area contributed by atoms with Crippen LogP contribution in [0.4, 0.5) is 10.5 Å². The molecule has 10 nitrogen and oxygen atoms in total. The van der Waals surface area contributed by atoms with E-state index < -0.39 is 23.4 Å². The molecule has 10 heteroatoms. The van der Waals surface area contributed by atoms with E-state index in [0.29, 0.717) is 37.2 Å². The second kappa shape index (κ2) is 7.40. The molecular formula is C16H17N3O7. The highest BCUT2D eigenvalue weighted by atomic mass is 16.7. The average Bonchev–Trinajstić information content (AvgIpc) is 2.65. The van der Waals surface area contributed by atoms with E-state index in [1.54, 1.807) is 0 Å². The Kier molecular flexibility index (Phi) is 5.03. The minimum atomic E-state index is -0.554. The monoisotopic (exact) mass is 363 g/mol. The van der Waals surface area contributed by atoms with Crippen molar-refractivity contribution in [3.05, 3.63) is 44.7 Å². The Bertz CT molecular complexity index is 903. The highest BCUT2D eigenvalue weighted by Crippen LogP contribution is 2.22. The third-order valence-corrected chi connectivity index (χ3v) is 4.05. The van der Waals surface area contributed by atoms with Crippen LogP contribution in [0.15, 0.2) is 29.1 Å². The lowest BCUT2D eigenvalue weighted by atomic mass is 10.2. The van der Waals surface area contributed by atoms with Crippen molar-refractivity contribution in [2.75, 3.05) is 33.1 Å². The number of nitro benzene ring substituents is 1. The number of aryl methyl sites for hydroxylation is 1. The van der Waals surface area contributed by atoms with E-state index in [0.717, 1.165) is 0 Å². The number of carbonyl (C=O) groups is 1. The van der Waals surface area contributed by atoms with Crippen molar-refractivity contribution in [1.29, 1.82) is 0 Å². The molecule has 1 fully saturated rings. The van der Waals surface area contributed by atoms with Crippen LogP contribution < -0.4 is 10.3 Å². The molecule has 1 aliphatic heterocycles. The molecule has 0 saturated carbocycles. The number of ether oxygens (including phenoxy) is 3. The van der Waals surface area contributed by atoms with Crippen LogP contribution in [-0.2, 0) is 16.5 Å². The maximum atomic E-state index is 12.3. The van der Waals surface area contributed by atoms with E-state index in [-0.39, 0.29) is 11.4 Å². The molecule has 3 rings (SSSR count). The van der Waals surface area contributed by atoms with E-state index in [9.17, 15) is 19.7 Å². The number of fused-ring (bicyclic) bond motifs is 1. The van der Waals surface area contributed by atoms with Gasteiger partial charge in [0.05, 0.1) is 23.7 Å². The number of nitrogens with zero attached hydrogens (tertiary/aromatic N) is 3. The van der Waals surface area contributed by atoms with Crippen molar-refractivity contribution in [3.8, 4) is 5.75 Å². The van der Waals surface area contributed by atoms with E-state index >= 15 is 0 Å². The van der Waals surface area contributed by atoms with Gasteiger partial charge in [-0.1, -0.05) is 0 Å². The van der Waals surface area contributed by atoms with Gasteiger partial charge in [0.2, 0.25) is 6.79 Å². The maximum absolute atomic E-state index is 12.3. The number of hydrogen-bond donors (Lipinski definition) is 0. The molecule has 0 bridgehead atoms. The van der Waals surface area contributed by atoms with Gasteiger partial charge in [0, 0.05) is 37.7 Å². The predicted octanol–water partition coefficient (Wildman–Crippen LogP) is 1.25. The van der Waals surface area contributed by atoms with Gasteiger partial charge < -0.3 is 23.7 Å². The normalized spacial score (nSPS) is 14.3. The number of pyridine rings is 1. The first-order valence-electron chi connectivity index (χ1n) is 7.88. The zero-order chi connectivity index (χ0) is 18.7. The van der Waals surface area contributed by atoms with E-state index in [4.69, 9.17) is 14.2 Å². The largest absolute Gasteiger partial charge is 0.451 e. The average molecular weight is 363 g/mol. The smallest absolute Gasteiger partial charge is 0.412 e. The Morgan fingerprint density at radius 1 is 1.31 bits per heavy atom. The molecule has 0 radical (unpaired) electrons. The minimum absolute atomic E-state index is 0.0599. The first kappa shape index (κ1) is 17.7. The molecule has 1 aromatic heterocycles. The quantitative estimate of drug-likeness (QED) is 0.456. The van der Waals surface area contributed by atoms with Gasteiger partial charge in [-0.2, -0.15) is 0 Å². The number of rotatable bonds is 4. The molecule has 0 N–H and O–H groups in total. The summed E-state index contributed by atoms with van der Waals surface area (Å²) in [7, 11) is 1.53. The van der Waals surface area contributed by atoms with Crippen LogP contribution >= 0.6 is 0 Å². The Morgan fingerprint density at radius 2 is 2.04 bits per heavy atom. The lowest BCUT2D eigenvalue weighted by Crippen LogP contribution is -2.41. The Morgan fingerprint density at radius 3 is 2.73 bits per heavy atom. The van der Waals surface area contributed by atoms with Gasteiger partial charge in [0.25, 0.3) is 11.2 Å². The summed E-state index contributed by atoms with van der Waals surface area (Å²) in [4.78, 5) is 36.1. The summed E-state index contributed by atoms with van der Waals surface area (Å²) in [5, 5.41) is 11.4. The molecule has 26 heavy (non-hydrogen) atoms. The van der Waals surface area contributed by atoms with Gasteiger partial charge >= 0.3 is 6.09 Å². The zero-order valence-electron chi connectivity index (χ0n) is 14.0. The van der Waals surface area contributed by atoms with Gasteiger partial charge in [-0.05, 0) is 12.1 Å². The fourth-order valence-corrected chi connectivity index (χ4v) is 2.64. The molecule has 1 aliphatic rings. The Balaban J connectivity index is 1.74. The lowest BCUT2D eigenvalue weighted by Gasteiger charge is -2.25. The molecule has 1 aromatic carbocycles. The van der Waals surface area contributed by atoms with Crippen LogP contribution in [0.3, 0.4) is 0 Å². The van der Waals surface area contributed by atoms with Crippen molar-refractivity contribution in [2.45, 2.75) is 0 Å². The van der Waals surface area contributed by atoms with Gasteiger partial charge in [-0.15, -0.1) is 0 Å². The second-order valence-electron chi connectivity index (χ2n) is 5.64. The van der Waals surface area contributed by atoms with Gasteiger partial charge in [0.15, 0.2) is 5.75 Å². The number of nitro groups is 1. The third kappa shape index (κ3) is 3.59. The van der Waals surface area contributed by atoms with Crippen molar-refractivity contribution in [2.24, 2.45) is 7.05 Å².